The van der Waals surface area contributed by atoms with E-state index in [4.69, 9.17) is 9.72 Å². The SMILES string of the molecule is Cc1ncc(-c2ccnc(Nc3ccc(C(=O)N4CC[C@H](N5CCOCC5)C4)cc3)n2)n1C(C)C. The number of morpholine rings is 1. The average molecular weight is 476 g/mol. The summed E-state index contributed by atoms with van der Waals surface area (Å²) in [5.74, 6) is 1.55. The van der Waals surface area contributed by atoms with Crippen LogP contribution in [0.3, 0.4) is 0 Å². The second-order valence-corrected chi connectivity index (χ2v) is 9.46. The number of nitrogens with one attached hydrogen (secondary N) is 1. The Morgan fingerprint density at radius 2 is 1.86 bits per heavy atom. The fraction of sp³-hybridized carbons (Fsp3) is 0.462. The van der Waals surface area contributed by atoms with Crippen molar-refractivity contribution in [2.45, 2.75) is 39.3 Å². The molecule has 2 aliphatic rings. The number of aryl methyl sites for hydroxylation is 1. The van der Waals surface area contributed by atoms with Crippen molar-refractivity contribution in [2.24, 2.45) is 0 Å². The molecule has 184 valence electrons. The molecule has 0 saturated carbocycles. The molecule has 2 fully saturated rings. The van der Waals surface area contributed by atoms with Gasteiger partial charge in [-0.1, -0.05) is 0 Å². The molecule has 4 heterocycles. The summed E-state index contributed by atoms with van der Waals surface area (Å²) >= 11 is 0. The normalized spacial score (nSPS) is 18.9. The van der Waals surface area contributed by atoms with Crippen molar-refractivity contribution in [3.63, 3.8) is 0 Å². The van der Waals surface area contributed by atoms with Gasteiger partial charge in [-0.05, 0) is 57.5 Å². The first-order valence-corrected chi connectivity index (χ1v) is 12.3. The van der Waals surface area contributed by atoms with Gasteiger partial charge in [0.25, 0.3) is 5.91 Å². The maximum absolute atomic E-state index is 13.1. The van der Waals surface area contributed by atoms with E-state index in [1.165, 1.54) is 0 Å². The molecule has 35 heavy (non-hydrogen) atoms. The molecule has 2 saturated heterocycles. The first-order valence-electron chi connectivity index (χ1n) is 12.3. The summed E-state index contributed by atoms with van der Waals surface area (Å²) in [4.78, 5) is 31.0. The van der Waals surface area contributed by atoms with Crippen molar-refractivity contribution in [3.8, 4) is 11.4 Å². The molecule has 9 nitrogen and oxygen atoms in total. The summed E-state index contributed by atoms with van der Waals surface area (Å²) in [5, 5.41) is 3.26. The lowest BCUT2D eigenvalue weighted by Gasteiger charge is -2.32. The smallest absolute Gasteiger partial charge is 0.253 e. The minimum Gasteiger partial charge on any atom is -0.379 e. The van der Waals surface area contributed by atoms with E-state index >= 15 is 0 Å². The maximum atomic E-state index is 13.1. The highest BCUT2D eigenvalue weighted by Gasteiger charge is 2.31. The Kier molecular flexibility index (Phi) is 6.79. The van der Waals surface area contributed by atoms with Gasteiger partial charge in [0.15, 0.2) is 0 Å². The molecular weight excluding hydrogens is 442 g/mol. The number of hydrogen-bond acceptors (Lipinski definition) is 7. The largest absolute Gasteiger partial charge is 0.379 e. The van der Waals surface area contributed by atoms with Crippen LogP contribution < -0.4 is 5.32 Å². The summed E-state index contributed by atoms with van der Waals surface area (Å²) in [6.45, 7) is 11.3. The van der Waals surface area contributed by atoms with Gasteiger partial charge < -0.3 is 19.5 Å². The lowest BCUT2D eigenvalue weighted by atomic mass is 10.2. The number of amides is 1. The number of ether oxygens (including phenoxy) is 1. The molecule has 1 amide bonds. The van der Waals surface area contributed by atoms with Gasteiger partial charge in [0, 0.05) is 55.7 Å². The van der Waals surface area contributed by atoms with E-state index < -0.39 is 0 Å². The predicted octanol–water partition coefficient (Wildman–Crippen LogP) is 3.52. The first kappa shape index (κ1) is 23.4. The highest BCUT2D eigenvalue weighted by molar-refractivity contribution is 5.94. The zero-order valence-corrected chi connectivity index (χ0v) is 20.6. The summed E-state index contributed by atoms with van der Waals surface area (Å²) in [6.07, 6.45) is 4.62. The second kappa shape index (κ2) is 10.1. The maximum Gasteiger partial charge on any atom is 0.253 e. The average Bonchev–Trinajstić information content (AvgIpc) is 3.52. The van der Waals surface area contributed by atoms with Crippen LogP contribution in [0.2, 0.25) is 0 Å². The van der Waals surface area contributed by atoms with Crippen molar-refractivity contribution >= 4 is 17.5 Å². The zero-order valence-electron chi connectivity index (χ0n) is 20.6. The lowest BCUT2D eigenvalue weighted by molar-refractivity contribution is 0.0185. The van der Waals surface area contributed by atoms with Crippen LogP contribution in [0.5, 0.6) is 0 Å². The molecular formula is C26H33N7O2. The van der Waals surface area contributed by atoms with Gasteiger partial charge in [-0.2, -0.15) is 0 Å². The number of rotatable bonds is 6. The van der Waals surface area contributed by atoms with Gasteiger partial charge in [0.05, 0.1) is 30.8 Å². The van der Waals surface area contributed by atoms with Crippen molar-refractivity contribution in [1.82, 2.24) is 29.3 Å². The van der Waals surface area contributed by atoms with Gasteiger partial charge in [-0.3, -0.25) is 9.69 Å². The minimum absolute atomic E-state index is 0.0860. The van der Waals surface area contributed by atoms with Crippen molar-refractivity contribution in [2.75, 3.05) is 44.7 Å². The highest BCUT2D eigenvalue weighted by Crippen LogP contribution is 2.25. The van der Waals surface area contributed by atoms with Crippen LogP contribution in [0.4, 0.5) is 11.6 Å². The van der Waals surface area contributed by atoms with Gasteiger partial charge in [0.1, 0.15) is 5.82 Å². The third-order valence-corrected chi connectivity index (χ3v) is 6.82. The monoisotopic (exact) mass is 475 g/mol. The first-order chi connectivity index (χ1) is 17.0. The fourth-order valence-electron chi connectivity index (χ4n) is 5.03. The Morgan fingerprint density at radius 1 is 1.09 bits per heavy atom. The number of hydrogen-bond donors (Lipinski definition) is 1. The molecule has 0 unspecified atom stereocenters. The molecule has 1 atom stereocenters. The van der Waals surface area contributed by atoms with Crippen LogP contribution in [-0.2, 0) is 4.74 Å². The van der Waals surface area contributed by atoms with Crippen LogP contribution >= 0.6 is 0 Å². The molecule has 0 radical (unpaired) electrons. The van der Waals surface area contributed by atoms with E-state index in [1.54, 1.807) is 6.20 Å². The zero-order chi connectivity index (χ0) is 24.4. The number of anilines is 2. The Hall–Kier alpha value is -3.30. The van der Waals surface area contributed by atoms with Gasteiger partial charge in [0.2, 0.25) is 5.95 Å². The molecule has 0 spiro atoms. The van der Waals surface area contributed by atoms with E-state index in [0.717, 1.165) is 68.7 Å². The molecule has 1 N–H and O–H groups in total. The summed E-state index contributed by atoms with van der Waals surface area (Å²) in [6, 6.07) is 10.2. The van der Waals surface area contributed by atoms with Crippen molar-refractivity contribution in [3.05, 3.63) is 54.1 Å². The van der Waals surface area contributed by atoms with E-state index in [-0.39, 0.29) is 11.9 Å². The number of carbonyl (C=O) groups is 1. The summed E-state index contributed by atoms with van der Waals surface area (Å²) in [5.41, 5.74) is 3.31. The van der Waals surface area contributed by atoms with E-state index in [2.05, 4.69) is 38.6 Å². The molecule has 2 aromatic heterocycles. The van der Waals surface area contributed by atoms with Crippen molar-refractivity contribution in [1.29, 1.82) is 0 Å². The standard InChI is InChI=1S/C26H33N7O2/c1-18(2)33-19(3)28-16-24(33)23-8-10-27-26(30-23)29-21-6-4-20(5-7-21)25(34)32-11-9-22(17-32)31-12-14-35-15-13-31/h4-8,10,16,18,22H,9,11-15,17H2,1-3H3,(H,27,29,30)/t22-/m0/s1. The van der Waals surface area contributed by atoms with E-state index in [0.29, 0.717) is 17.6 Å². The second-order valence-electron chi connectivity index (χ2n) is 9.46. The Bertz CT molecular complexity index is 1170. The van der Waals surface area contributed by atoms with Crippen LogP contribution in [0, 0.1) is 6.92 Å². The molecule has 0 bridgehead atoms. The molecule has 9 heteroatoms. The van der Waals surface area contributed by atoms with Gasteiger partial charge in [-0.25, -0.2) is 15.0 Å². The summed E-state index contributed by atoms with van der Waals surface area (Å²) < 4.78 is 7.62. The fourth-order valence-corrected chi connectivity index (χ4v) is 5.03. The lowest BCUT2D eigenvalue weighted by Crippen LogP contribution is -2.45. The number of likely N-dealkylation sites (tertiary alicyclic amines) is 1. The number of carbonyl (C=O) groups excluding carboxylic acids is 1. The van der Waals surface area contributed by atoms with Crippen molar-refractivity contribution < 1.29 is 9.53 Å². The topological polar surface area (TPSA) is 88.4 Å². The summed E-state index contributed by atoms with van der Waals surface area (Å²) in [7, 11) is 0. The van der Waals surface area contributed by atoms with Crippen LogP contribution in [0.1, 0.15) is 42.5 Å². The Morgan fingerprint density at radius 3 is 2.60 bits per heavy atom. The Labute approximate surface area is 206 Å². The van der Waals surface area contributed by atoms with E-state index in [1.807, 2.05) is 48.4 Å². The van der Waals surface area contributed by atoms with E-state index in [9.17, 15) is 4.79 Å². The van der Waals surface area contributed by atoms with Gasteiger partial charge >= 0.3 is 0 Å². The number of imidazole rings is 1. The molecule has 2 aliphatic heterocycles. The minimum atomic E-state index is 0.0860. The number of benzene rings is 1. The van der Waals surface area contributed by atoms with Crippen LogP contribution in [0.25, 0.3) is 11.4 Å². The molecule has 3 aromatic rings. The van der Waals surface area contributed by atoms with Gasteiger partial charge in [-0.15, -0.1) is 0 Å². The quantitative estimate of drug-likeness (QED) is 0.584. The number of nitrogens with zero attached hydrogens (tertiary/aromatic N) is 6. The number of aromatic nitrogens is 4. The molecule has 5 rings (SSSR count). The highest BCUT2D eigenvalue weighted by atomic mass is 16.5. The van der Waals surface area contributed by atoms with Crippen LogP contribution in [-0.4, -0.2) is 80.7 Å². The molecule has 0 aliphatic carbocycles. The molecule has 1 aromatic carbocycles. The predicted molar refractivity (Wildman–Crippen MR) is 135 cm³/mol. The third kappa shape index (κ3) is 5.06. The third-order valence-electron chi connectivity index (χ3n) is 6.82. The van der Waals surface area contributed by atoms with Crippen LogP contribution in [0.15, 0.2) is 42.7 Å². The Balaban J connectivity index is 1.24.